The van der Waals surface area contributed by atoms with Gasteiger partial charge in [0.1, 0.15) is 17.2 Å². The summed E-state index contributed by atoms with van der Waals surface area (Å²) in [5, 5.41) is 4.76. The highest BCUT2D eigenvalue weighted by Gasteiger charge is 2.25. The summed E-state index contributed by atoms with van der Waals surface area (Å²) in [4.78, 5) is 4.30. The maximum absolute atomic E-state index is 14.6. The number of halogens is 1. The van der Waals surface area contributed by atoms with E-state index in [1.807, 2.05) is 34.3 Å². The normalized spacial score (nSPS) is 13.5. The van der Waals surface area contributed by atoms with Gasteiger partial charge in [-0.1, -0.05) is 11.6 Å². The van der Waals surface area contributed by atoms with E-state index in [2.05, 4.69) is 17.2 Å². The highest BCUT2D eigenvalue weighted by Crippen LogP contribution is 2.38. The van der Waals surface area contributed by atoms with Gasteiger partial charge >= 0.3 is 0 Å². The summed E-state index contributed by atoms with van der Waals surface area (Å²) in [6.45, 7) is 2.87. The fourth-order valence-electron chi connectivity index (χ4n) is 3.71. The summed E-state index contributed by atoms with van der Waals surface area (Å²) in [6, 6.07) is 9.24. The first-order valence-corrected chi connectivity index (χ1v) is 8.50. The molecule has 1 aliphatic rings. The predicted octanol–water partition coefficient (Wildman–Crippen LogP) is 4.26. The molecule has 0 unspecified atom stereocenters. The van der Waals surface area contributed by atoms with E-state index in [0.717, 1.165) is 47.4 Å². The van der Waals surface area contributed by atoms with Crippen molar-refractivity contribution in [3.63, 3.8) is 0 Å². The summed E-state index contributed by atoms with van der Waals surface area (Å²) in [5.41, 5.74) is 6.51. The first kappa shape index (κ1) is 14.4. The smallest absolute Gasteiger partial charge is 0.136 e. The van der Waals surface area contributed by atoms with E-state index in [-0.39, 0.29) is 5.82 Å². The lowest BCUT2D eigenvalue weighted by molar-refractivity contribution is 0.626. The summed E-state index contributed by atoms with van der Waals surface area (Å²) >= 11 is 0. The van der Waals surface area contributed by atoms with Crippen molar-refractivity contribution in [3.05, 3.63) is 66.0 Å². The molecule has 124 valence electrons. The minimum atomic E-state index is -0.229. The van der Waals surface area contributed by atoms with Gasteiger partial charge in [0.05, 0.1) is 0 Å². The van der Waals surface area contributed by atoms with Crippen LogP contribution in [0.3, 0.4) is 0 Å². The molecule has 0 amide bonds. The van der Waals surface area contributed by atoms with Crippen molar-refractivity contribution in [1.29, 1.82) is 0 Å². The van der Waals surface area contributed by atoms with Crippen LogP contribution < -0.4 is 0 Å². The molecule has 4 aromatic rings. The molecule has 4 nitrogen and oxygen atoms in total. The maximum atomic E-state index is 14.6. The molecule has 0 radical (unpaired) electrons. The minimum Gasteiger partial charge on any atom is -0.306 e. The van der Waals surface area contributed by atoms with Gasteiger partial charge < -0.3 is 4.40 Å². The van der Waals surface area contributed by atoms with Crippen LogP contribution in [0.25, 0.3) is 28.0 Å². The molecule has 4 heterocycles. The lowest BCUT2D eigenvalue weighted by atomic mass is 9.98. The first-order chi connectivity index (χ1) is 12.2. The van der Waals surface area contributed by atoms with E-state index < -0.39 is 0 Å². The number of aryl methyl sites for hydroxylation is 2. The van der Waals surface area contributed by atoms with Crippen LogP contribution in [-0.2, 0) is 13.0 Å². The average Bonchev–Trinajstić information content (AvgIpc) is 3.30. The van der Waals surface area contributed by atoms with Gasteiger partial charge in [-0.05, 0) is 44.0 Å². The van der Waals surface area contributed by atoms with Crippen LogP contribution in [0.4, 0.5) is 4.39 Å². The molecular weight excluding hydrogens is 315 g/mol. The third-order valence-electron chi connectivity index (χ3n) is 4.90. The summed E-state index contributed by atoms with van der Waals surface area (Å²) in [5.74, 6) is -0.229. The van der Waals surface area contributed by atoms with Gasteiger partial charge in [0.2, 0.25) is 0 Å². The summed E-state index contributed by atoms with van der Waals surface area (Å²) < 4.78 is 18.6. The predicted molar refractivity (Wildman–Crippen MR) is 94.9 cm³/mol. The van der Waals surface area contributed by atoms with Crippen molar-refractivity contribution in [1.82, 2.24) is 19.2 Å². The standard InChI is InChI=1S/C20H17FN4/c1-13-4-6-16(21)15(11-13)20-19(17-3-2-9-25(17)23-20)14-5-7-18-22-8-10-24(18)12-14/h4-8,10-12H,2-3,9H2,1H3. The van der Waals surface area contributed by atoms with E-state index in [9.17, 15) is 4.39 Å². The molecule has 3 aromatic heterocycles. The van der Waals surface area contributed by atoms with Gasteiger partial charge in [0.25, 0.3) is 0 Å². The van der Waals surface area contributed by atoms with E-state index in [4.69, 9.17) is 5.10 Å². The second-order valence-electron chi connectivity index (χ2n) is 6.59. The first-order valence-electron chi connectivity index (χ1n) is 8.50. The van der Waals surface area contributed by atoms with E-state index in [0.29, 0.717) is 5.56 Å². The Labute approximate surface area is 144 Å². The molecule has 25 heavy (non-hydrogen) atoms. The third-order valence-corrected chi connectivity index (χ3v) is 4.90. The van der Waals surface area contributed by atoms with Crippen molar-refractivity contribution in [2.75, 3.05) is 0 Å². The monoisotopic (exact) mass is 332 g/mol. The molecule has 1 aromatic carbocycles. The fourth-order valence-corrected chi connectivity index (χ4v) is 3.71. The number of rotatable bonds is 2. The molecule has 0 fully saturated rings. The van der Waals surface area contributed by atoms with Gasteiger partial charge in [-0.2, -0.15) is 5.10 Å². The van der Waals surface area contributed by atoms with Crippen LogP contribution in [-0.4, -0.2) is 19.2 Å². The number of imidazole rings is 1. The molecule has 0 atom stereocenters. The summed E-state index contributed by atoms with van der Waals surface area (Å²) in [7, 11) is 0. The highest BCUT2D eigenvalue weighted by molar-refractivity contribution is 5.83. The second kappa shape index (κ2) is 5.28. The Morgan fingerprint density at radius 3 is 3.00 bits per heavy atom. The van der Waals surface area contributed by atoms with Crippen molar-refractivity contribution >= 4 is 5.65 Å². The molecule has 0 saturated carbocycles. The van der Waals surface area contributed by atoms with E-state index >= 15 is 0 Å². The number of nitrogens with zero attached hydrogens (tertiary/aromatic N) is 4. The van der Waals surface area contributed by atoms with Gasteiger partial charge in [0, 0.05) is 47.5 Å². The third kappa shape index (κ3) is 2.19. The fraction of sp³-hybridized carbons (Fsp3) is 0.200. The number of fused-ring (bicyclic) bond motifs is 2. The number of hydrogen-bond donors (Lipinski definition) is 0. The summed E-state index contributed by atoms with van der Waals surface area (Å²) in [6.07, 6.45) is 7.81. The molecule has 5 rings (SSSR count). The highest BCUT2D eigenvalue weighted by atomic mass is 19.1. The molecule has 0 N–H and O–H groups in total. The number of pyridine rings is 1. The van der Waals surface area contributed by atoms with Crippen molar-refractivity contribution in [3.8, 4) is 22.4 Å². The Hall–Kier alpha value is -2.95. The topological polar surface area (TPSA) is 35.1 Å². The van der Waals surface area contributed by atoms with Crippen LogP contribution in [0, 0.1) is 12.7 Å². The Morgan fingerprint density at radius 2 is 2.08 bits per heavy atom. The molecule has 0 aliphatic carbocycles. The van der Waals surface area contributed by atoms with E-state index in [1.54, 1.807) is 12.3 Å². The quantitative estimate of drug-likeness (QED) is 0.550. The SMILES string of the molecule is Cc1ccc(F)c(-c2nn3c(c2-c2ccc4nccn4c2)CCC3)c1. The Bertz CT molecular complexity index is 1110. The molecular formula is C20H17FN4. The molecule has 0 bridgehead atoms. The zero-order valence-electron chi connectivity index (χ0n) is 13.9. The van der Waals surface area contributed by atoms with Crippen LogP contribution in [0.1, 0.15) is 17.7 Å². The van der Waals surface area contributed by atoms with E-state index in [1.165, 1.54) is 11.8 Å². The van der Waals surface area contributed by atoms with Crippen molar-refractivity contribution < 1.29 is 4.39 Å². The lowest BCUT2D eigenvalue weighted by Gasteiger charge is -2.08. The van der Waals surface area contributed by atoms with Crippen LogP contribution >= 0.6 is 0 Å². The Kier molecular flexibility index (Phi) is 3.04. The van der Waals surface area contributed by atoms with Gasteiger partial charge in [-0.3, -0.25) is 4.68 Å². The van der Waals surface area contributed by atoms with Crippen LogP contribution in [0.2, 0.25) is 0 Å². The lowest BCUT2D eigenvalue weighted by Crippen LogP contribution is -1.95. The number of hydrogen-bond acceptors (Lipinski definition) is 2. The molecule has 5 heteroatoms. The Balaban J connectivity index is 1.79. The van der Waals surface area contributed by atoms with Gasteiger partial charge in [-0.25, -0.2) is 9.37 Å². The van der Waals surface area contributed by atoms with Crippen LogP contribution in [0.5, 0.6) is 0 Å². The van der Waals surface area contributed by atoms with Gasteiger partial charge in [0.15, 0.2) is 0 Å². The molecule has 0 saturated heterocycles. The molecule has 1 aliphatic heterocycles. The zero-order chi connectivity index (χ0) is 17.0. The molecule has 0 spiro atoms. The maximum Gasteiger partial charge on any atom is 0.136 e. The number of benzene rings is 1. The average molecular weight is 332 g/mol. The zero-order valence-corrected chi connectivity index (χ0v) is 13.9. The second-order valence-corrected chi connectivity index (χ2v) is 6.59. The van der Waals surface area contributed by atoms with Crippen LogP contribution in [0.15, 0.2) is 48.9 Å². The largest absolute Gasteiger partial charge is 0.306 e. The Morgan fingerprint density at radius 1 is 1.16 bits per heavy atom. The van der Waals surface area contributed by atoms with Gasteiger partial charge in [-0.15, -0.1) is 0 Å². The minimum absolute atomic E-state index is 0.229. The number of aromatic nitrogens is 4. The van der Waals surface area contributed by atoms with Crippen molar-refractivity contribution in [2.24, 2.45) is 0 Å². The van der Waals surface area contributed by atoms with Crippen molar-refractivity contribution in [2.45, 2.75) is 26.3 Å².